The molecule has 6 aromatic rings. The van der Waals surface area contributed by atoms with Gasteiger partial charge in [-0.1, -0.05) is 512 Å². The standard InChI is InChI=1S/C127H211O9P3/c1-20-26-32-38-44-47-50-53-56-59-62-65-71-77-92-128-137(129-93-78-72-66-63-60-57-54-51-48-45-39-33-27-21-2)134-122-97-107(9)116(103-120(122)126(14,15)16)118(117-104-121(127(17,18)19)123(98-108(117)10)135-138(131-112-89-80-86-109(99-112)83-74-68-41-35-29-23-4)130-94-79-73-67-64-61-58-55-52-49-46-40-34-28-22-3)95-105(7)115-102-119(125(11,12)13)124(96-106(115)8)136-139(132-113-90-81-87-110(100-113)84-75-69-42-36-30-24-5)133-114-91-82-88-111(101-114)85-76-70-43-37-31-25-6/h80-82,86-91,96-105,118H,20-79,83-85,92-95H2,1-19H3. The Kier molecular flexibility index (Phi) is 66.4. The van der Waals surface area contributed by atoms with Crippen LogP contribution in [0, 0.1) is 20.8 Å². The van der Waals surface area contributed by atoms with E-state index in [9.17, 15) is 0 Å². The van der Waals surface area contributed by atoms with Crippen molar-refractivity contribution in [2.24, 2.45) is 0 Å². The number of hydrogen-bond acceptors (Lipinski definition) is 9. The van der Waals surface area contributed by atoms with Crippen molar-refractivity contribution >= 4 is 25.8 Å². The molecular formula is C127H211O9P3. The molecule has 3 atom stereocenters. The molecule has 0 fully saturated rings. The smallest absolute Gasteiger partial charge is 0.426 e. The molecule has 0 saturated heterocycles. The third-order valence-corrected chi connectivity index (χ3v) is 32.0. The first-order valence-electron chi connectivity index (χ1n) is 58.5. The lowest BCUT2D eigenvalue weighted by molar-refractivity contribution is 0.197. The Morgan fingerprint density at radius 1 is 0.230 bits per heavy atom. The average molecular weight is 1970 g/mol. The van der Waals surface area contributed by atoms with E-state index in [1.807, 2.05) is 0 Å². The molecule has 0 aliphatic carbocycles. The van der Waals surface area contributed by atoms with Crippen LogP contribution in [0.15, 0.2) is 109 Å². The zero-order valence-corrected chi connectivity index (χ0v) is 96.1. The quantitative estimate of drug-likeness (QED) is 0.0274. The lowest BCUT2D eigenvalue weighted by Gasteiger charge is -2.33. The van der Waals surface area contributed by atoms with Crippen molar-refractivity contribution in [3.63, 3.8) is 0 Å². The molecule has 788 valence electrons. The van der Waals surface area contributed by atoms with Gasteiger partial charge in [-0.05, 0) is 212 Å². The highest BCUT2D eigenvalue weighted by molar-refractivity contribution is 7.43. The summed E-state index contributed by atoms with van der Waals surface area (Å²) in [4.78, 5) is 0. The van der Waals surface area contributed by atoms with Gasteiger partial charge < -0.3 is 36.2 Å². The van der Waals surface area contributed by atoms with Crippen LogP contribution in [0.4, 0.5) is 0 Å². The van der Waals surface area contributed by atoms with E-state index < -0.39 is 25.8 Å². The van der Waals surface area contributed by atoms with Crippen LogP contribution in [0.5, 0.6) is 34.5 Å². The minimum atomic E-state index is -1.99. The Bertz CT molecular complexity index is 3960. The molecule has 3 unspecified atom stereocenters. The fraction of sp³-hybridized carbons (Fsp3) is 0.717. The van der Waals surface area contributed by atoms with E-state index in [-0.39, 0.29) is 28.1 Å². The molecule has 0 aliphatic rings. The minimum absolute atomic E-state index is 0.0700. The summed E-state index contributed by atoms with van der Waals surface area (Å²) < 4.78 is 64.2. The maximum atomic E-state index is 7.43. The molecule has 9 nitrogen and oxygen atoms in total. The third-order valence-electron chi connectivity index (χ3n) is 28.7. The average Bonchev–Trinajstić information content (AvgIpc) is 0.759. The van der Waals surface area contributed by atoms with E-state index in [4.69, 9.17) is 40.7 Å². The molecule has 12 heteroatoms. The van der Waals surface area contributed by atoms with Crippen molar-refractivity contribution in [1.29, 1.82) is 0 Å². The van der Waals surface area contributed by atoms with E-state index in [0.29, 0.717) is 19.8 Å². The van der Waals surface area contributed by atoms with Gasteiger partial charge in [-0.3, -0.25) is 4.52 Å². The number of benzene rings is 6. The van der Waals surface area contributed by atoms with Gasteiger partial charge in [-0.2, -0.15) is 0 Å². The van der Waals surface area contributed by atoms with Crippen molar-refractivity contribution in [3.05, 3.63) is 176 Å². The van der Waals surface area contributed by atoms with Crippen molar-refractivity contribution in [2.45, 2.75) is 571 Å². The van der Waals surface area contributed by atoms with Crippen LogP contribution in [0.25, 0.3) is 0 Å². The highest BCUT2D eigenvalue weighted by Gasteiger charge is 2.35. The lowest BCUT2D eigenvalue weighted by atomic mass is 9.74. The summed E-state index contributed by atoms with van der Waals surface area (Å²) in [5.74, 6) is 4.80. The molecule has 0 saturated carbocycles. The summed E-state index contributed by atoms with van der Waals surface area (Å²) in [6, 6.07) is 40.6. The Morgan fingerprint density at radius 2 is 0.446 bits per heavy atom. The van der Waals surface area contributed by atoms with Crippen LogP contribution >= 0.6 is 25.8 Å². The molecule has 139 heavy (non-hydrogen) atoms. The van der Waals surface area contributed by atoms with Crippen LogP contribution < -0.4 is 27.1 Å². The Morgan fingerprint density at radius 3 is 0.712 bits per heavy atom. The van der Waals surface area contributed by atoms with Crippen LogP contribution in [0.2, 0.25) is 0 Å². The van der Waals surface area contributed by atoms with Crippen LogP contribution in [-0.2, 0) is 49.1 Å². The van der Waals surface area contributed by atoms with Gasteiger partial charge in [0.2, 0.25) is 0 Å². The van der Waals surface area contributed by atoms with E-state index in [0.717, 1.165) is 128 Å². The van der Waals surface area contributed by atoms with Gasteiger partial charge in [0.05, 0.1) is 19.8 Å². The number of unbranched alkanes of at least 4 members (excludes halogenated alkanes) is 54. The summed E-state index contributed by atoms with van der Waals surface area (Å²) in [6.07, 6.45) is 81.7. The van der Waals surface area contributed by atoms with Gasteiger partial charge in [0.25, 0.3) is 0 Å². The van der Waals surface area contributed by atoms with Crippen molar-refractivity contribution in [3.8, 4) is 34.5 Å². The predicted octanol–water partition coefficient (Wildman–Crippen LogP) is 44.1. The van der Waals surface area contributed by atoms with Crippen LogP contribution in [-0.4, -0.2) is 19.8 Å². The molecule has 0 amide bonds. The minimum Gasteiger partial charge on any atom is -0.426 e. The zero-order valence-electron chi connectivity index (χ0n) is 93.4. The van der Waals surface area contributed by atoms with Gasteiger partial charge in [0, 0.05) is 22.6 Å². The fourth-order valence-corrected chi connectivity index (χ4v) is 22.9. The molecule has 0 bridgehead atoms. The maximum Gasteiger partial charge on any atom is 0.530 e. The second-order valence-corrected chi connectivity index (χ2v) is 48.3. The normalized spacial score (nSPS) is 12.8. The summed E-state index contributed by atoms with van der Waals surface area (Å²) in [7, 11) is -5.55. The maximum absolute atomic E-state index is 7.43. The van der Waals surface area contributed by atoms with E-state index in [1.165, 1.54) is 384 Å². The topological polar surface area (TPSA) is 83.1 Å². The predicted molar refractivity (Wildman–Crippen MR) is 608 cm³/mol. The second kappa shape index (κ2) is 75.1. The Labute approximate surface area is 861 Å². The van der Waals surface area contributed by atoms with Crippen LogP contribution in [0.3, 0.4) is 0 Å². The van der Waals surface area contributed by atoms with Crippen molar-refractivity contribution < 1.29 is 40.7 Å². The van der Waals surface area contributed by atoms with Gasteiger partial charge >= 0.3 is 25.8 Å². The molecule has 0 N–H and O–H groups in total. The Hall–Kier alpha value is -4.71. The third kappa shape index (κ3) is 54.0. The molecule has 0 spiro atoms. The molecule has 6 aromatic carbocycles. The van der Waals surface area contributed by atoms with Gasteiger partial charge in [-0.25, -0.2) is 0 Å². The summed E-state index contributed by atoms with van der Waals surface area (Å²) in [5.41, 5.74) is 13.7. The fourth-order valence-electron chi connectivity index (χ4n) is 19.9. The monoisotopic (exact) mass is 1970 g/mol. The summed E-state index contributed by atoms with van der Waals surface area (Å²) in [6.45, 7) is 46.1. The second-order valence-electron chi connectivity index (χ2n) is 45.1. The van der Waals surface area contributed by atoms with Crippen molar-refractivity contribution in [1.82, 2.24) is 0 Å². The van der Waals surface area contributed by atoms with Gasteiger partial charge in [0.15, 0.2) is 0 Å². The number of hydrogen-bond donors (Lipinski definition) is 0. The van der Waals surface area contributed by atoms with E-state index >= 15 is 0 Å². The number of rotatable bonds is 86. The molecule has 0 radical (unpaired) electrons. The largest absolute Gasteiger partial charge is 0.530 e. The first-order chi connectivity index (χ1) is 67.4. The van der Waals surface area contributed by atoms with E-state index in [1.54, 1.807) is 0 Å². The summed E-state index contributed by atoms with van der Waals surface area (Å²) >= 11 is 0. The first kappa shape index (κ1) is 123. The van der Waals surface area contributed by atoms with E-state index in [2.05, 4.69) is 241 Å². The number of aryl methyl sites for hydroxylation is 6. The molecule has 0 heterocycles. The molecular weight excluding hydrogens is 1760 g/mol. The van der Waals surface area contributed by atoms with Crippen LogP contribution in [0.1, 0.15) is 581 Å². The Balaban J connectivity index is 1.42. The SMILES string of the molecule is CCCCCCCCCCCCCCCCOP(OCCCCCCCCCCCCCCCC)Oc1cc(C)c(C(CC(C)c2cc(C(C)(C)C)c(OP(Oc3cccc(CCCCCCCC)c3)Oc3cccc(CCCCCCCC)c3)cc2C)c2cc(C(C)(C)C)c(OP(OCCCCCCCCCCCCCCCC)Oc3cccc(CCCCCCCC)c3)cc2C)cc1C(C)(C)C. The zero-order chi connectivity index (χ0) is 100. The molecule has 6 rings (SSSR count). The lowest BCUT2D eigenvalue weighted by Crippen LogP contribution is -2.19. The van der Waals surface area contributed by atoms with Gasteiger partial charge in [-0.15, -0.1) is 0 Å². The molecule has 0 aliphatic heterocycles. The highest BCUT2D eigenvalue weighted by Crippen LogP contribution is 2.53. The molecule has 0 aromatic heterocycles. The first-order valence-corrected chi connectivity index (χ1v) is 61.8. The van der Waals surface area contributed by atoms with Gasteiger partial charge in [0.1, 0.15) is 34.5 Å². The highest BCUT2D eigenvalue weighted by atomic mass is 31.2. The van der Waals surface area contributed by atoms with Crippen molar-refractivity contribution in [2.75, 3.05) is 19.8 Å². The summed E-state index contributed by atoms with van der Waals surface area (Å²) in [5, 5.41) is 0.